The van der Waals surface area contributed by atoms with Crippen molar-refractivity contribution in [2.45, 2.75) is 59.0 Å². The van der Waals surface area contributed by atoms with E-state index in [1.807, 2.05) is 6.92 Å². The van der Waals surface area contributed by atoms with Gasteiger partial charge in [0.15, 0.2) is 5.58 Å². The highest BCUT2D eigenvalue weighted by molar-refractivity contribution is 6.09. The summed E-state index contributed by atoms with van der Waals surface area (Å²) in [6, 6.07) is 15.4. The molecule has 4 heterocycles. The van der Waals surface area contributed by atoms with E-state index in [9.17, 15) is 0 Å². The van der Waals surface area contributed by atoms with E-state index in [0.29, 0.717) is 11.8 Å². The molecule has 6 rings (SSSR count). The second kappa shape index (κ2) is 6.86. The lowest BCUT2D eigenvalue weighted by Crippen LogP contribution is -2.43. The van der Waals surface area contributed by atoms with Crippen LogP contribution in [0.5, 0.6) is 0 Å². The van der Waals surface area contributed by atoms with Gasteiger partial charge in [-0.05, 0) is 60.9 Å². The van der Waals surface area contributed by atoms with Crippen LogP contribution in [0.2, 0.25) is 0 Å². The number of nitrogens with zero attached hydrogens (tertiary/aromatic N) is 3. The molecule has 2 aromatic carbocycles. The molecule has 0 saturated carbocycles. The van der Waals surface area contributed by atoms with Crippen LogP contribution in [0.15, 0.2) is 59.3 Å². The third-order valence-electron chi connectivity index (χ3n) is 7.18. The number of pyridine rings is 1. The van der Waals surface area contributed by atoms with Crippen molar-refractivity contribution in [1.82, 2.24) is 4.98 Å². The van der Waals surface area contributed by atoms with Crippen molar-refractivity contribution in [2.24, 2.45) is 0 Å². The molecule has 2 aliphatic heterocycles. The molecule has 2 aromatic heterocycles. The first-order chi connectivity index (χ1) is 15.4. The van der Waals surface area contributed by atoms with E-state index in [1.54, 1.807) is 0 Å². The molecule has 4 heteroatoms. The largest absolute Gasteiger partial charge is 0.435 e. The van der Waals surface area contributed by atoms with E-state index < -0.39 is 0 Å². The Bertz CT molecular complexity index is 1380. The van der Waals surface area contributed by atoms with E-state index in [4.69, 9.17) is 4.42 Å². The summed E-state index contributed by atoms with van der Waals surface area (Å²) >= 11 is 0. The number of hydrogen-bond donors (Lipinski definition) is 0. The van der Waals surface area contributed by atoms with Crippen molar-refractivity contribution in [2.75, 3.05) is 9.80 Å². The number of rotatable bonds is 2. The van der Waals surface area contributed by atoms with Crippen LogP contribution < -0.4 is 9.80 Å². The lowest BCUT2D eigenvalue weighted by Gasteiger charge is -2.42. The van der Waals surface area contributed by atoms with Gasteiger partial charge in [-0.15, -0.1) is 0 Å². The maximum Gasteiger partial charge on any atom is 0.227 e. The minimum Gasteiger partial charge on any atom is -0.435 e. The van der Waals surface area contributed by atoms with Gasteiger partial charge in [0.1, 0.15) is 6.17 Å². The Labute approximate surface area is 189 Å². The van der Waals surface area contributed by atoms with Crippen molar-refractivity contribution in [3.8, 4) is 0 Å². The maximum atomic E-state index is 6.39. The Morgan fingerprint density at radius 2 is 1.69 bits per heavy atom. The summed E-state index contributed by atoms with van der Waals surface area (Å²) in [7, 11) is 0. The van der Waals surface area contributed by atoms with Crippen LogP contribution in [-0.2, 0) is 0 Å². The fourth-order valence-electron chi connectivity index (χ4n) is 5.55. The maximum absolute atomic E-state index is 6.39. The molecule has 4 nitrogen and oxygen atoms in total. The molecule has 0 radical (unpaired) electrons. The van der Waals surface area contributed by atoms with Crippen molar-refractivity contribution >= 4 is 33.4 Å². The summed E-state index contributed by atoms with van der Waals surface area (Å²) in [5.41, 5.74) is 9.25. The van der Waals surface area contributed by atoms with Gasteiger partial charge in [-0.3, -0.25) is 0 Å². The molecule has 0 amide bonds. The van der Waals surface area contributed by atoms with Crippen LogP contribution in [0.3, 0.4) is 0 Å². The average Bonchev–Trinajstić information content (AvgIpc) is 3.34. The zero-order valence-electron chi connectivity index (χ0n) is 19.4. The Morgan fingerprint density at radius 3 is 2.47 bits per heavy atom. The molecule has 32 heavy (non-hydrogen) atoms. The third-order valence-corrected chi connectivity index (χ3v) is 7.18. The molecular weight excluding hydrogens is 394 g/mol. The Kier molecular flexibility index (Phi) is 4.16. The SMILES string of the molecule is Cc1ccc2c(n1)oc1c(N3C=CN4c5c(C(C)C)cccc5C(C)C[C@@H]43)c(C)ccc12. The molecule has 0 saturated heterocycles. The minimum absolute atomic E-state index is 0.240. The van der Waals surface area contributed by atoms with Crippen LogP contribution >= 0.6 is 0 Å². The fraction of sp³-hybridized carbons (Fsp3) is 0.321. The topological polar surface area (TPSA) is 32.5 Å². The van der Waals surface area contributed by atoms with Gasteiger partial charge in [0.05, 0.1) is 5.69 Å². The van der Waals surface area contributed by atoms with E-state index in [1.165, 1.54) is 22.4 Å². The number of aryl methyl sites for hydroxylation is 2. The number of aromatic nitrogens is 1. The molecule has 1 unspecified atom stereocenters. The second-order valence-electron chi connectivity index (χ2n) is 9.68. The Morgan fingerprint density at radius 1 is 0.938 bits per heavy atom. The van der Waals surface area contributed by atoms with Gasteiger partial charge in [-0.1, -0.05) is 51.1 Å². The third kappa shape index (κ3) is 2.65. The van der Waals surface area contributed by atoms with Crippen LogP contribution in [0.25, 0.3) is 22.1 Å². The molecule has 0 aliphatic carbocycles. The van der Waals surface area contributed by atoms with Gasteiger partial charge in [-0.25, -0.2) is 4.98 Å². The molecular formula is C28H29N3O. The zero-order valence-corrected chi connectivity index (χ0v) is 19.4. The first kappa shape index (κ1) is 19.4. The molecule has 0 bridgehead atoms. The monoisotopic (exact) mass is 423 g/mol. The number of furan rings is 1. The van der Waals surface area contributed by atoms with E-state index >= 15 is 0 Å². The molecule has 0 spiro atoms. The number of para-hydroxylation sites is 1. The number of hydrogen-bond acceptors (Lipinski definition) is 4. The second-order valence-corrected chi connectivity index (χ2v) is 9.68. The molecule has 0 fully saturated rings. The van der Waals surface area contributed by atoms with Crippen molar-refractivity contribution in [1.29, 1.82) is 0 Å². The van der Waals surface area contributed by atoms with E-state index in [2.05, 4.69) is 97.3 Å². The predicted octanol–water partition coefficient (Wildman–Crippen LogP) is 7.35. The summed E-state index contributed by atoms with van der Waals surface area (Å²) in [5, 5.41) is 2.21. The lowest BCUT2D eigenvalue weighted by molar-refractivity contribution is 0.527. The first-order valence-corrected chi connectivity index (χ1v) is 11.6. The molecule has 2 aliphatic rings. The van der Waals surface area contributed by atoms with Gasteiger partial charge < -0.3 is 14.2 Å². The average molecular weight is 424 g/mol. The number of anilines is 2. The fourth-order valence-corrected chi connectivity index (χ4v) is 5.55. The van der Waals surface area contributed by atoms with Crippen LogP contribution in [-0.4, -0.2) is 11.1 Å². The van der Waals surface area contributed by atoms with E-state index in [0.717, 1.165) is 39.9 Å². The summed E-state index contributed by atoms with van der Waals surface area (Å²) in [4.78, 5) is 9.55. The first-order valence-electron chi connectivity index (χ1n) is 11.6. The van der Waals surface area contributed by atoms with Crippen molar-refractivity contribution < 1.29 is 4.42 Å². The van der Waals surface area contributed by atoms with Crippen LogP contribution in [0.4, 0.5) is 11.4 Å². The summed E-state index contributed by atoms with van der Waals surface area (Å²) in [6.45, 7) is 11.1. The minimum atomic E-state index is 0.240. The highest BCUT2D eigenvalue weighted by Gasteiger charge is 2.39. The standard InChI is InChI=1S/C28H29N3O/c1-16(2)20-7-6-8-21-18(4)15-24-30(13-14-31(24)26(20)21)25-17(3)9-11-22-23-12-10-19(5)29-28(23)32-27(22)25/h6-14,16,18,24H,15H2,1-5H3/t18?,24-/m1/s1. The number of fused-ring (bicyclic) bond motifs is 6. The van der Waals surface area contributed by atoms with Gasteiger partial charge >= 0.3 is 0 Å². The molecule has 0 N–H and O–H groups in total. The Balaban J connectivity index is 1.53. The van der Waals surface area contributed by atoms with Crippen LogP contribution in [0, 0.1) is 13.8 Å². The zero-order chi connectivity index (χ0) is 22.1. The van der Waals surface area contributed by atoms with Crippen molar-refractivity contribution in [3.63, 3.8) is 0 Å². The highest BCUT2D eigenvalue weighted by Crippen LogP contribution is 2.48. The van der Waals surface area contributed by atoms with Gasteiger partial charge in [0.2, 0.25) is 5.71 Å². The summed E-state index contributed by atoms with van der Waals surface area (Å²) in [6.07, 6.45) is 5.79. The lowest BCUT2D eigenvalue weighted by atomic mass is 9.85. The summed E-state index contributed by atoms with van der Waals surface area (Å²) < 4.78 is 6.39. The van der Waals surface area contributed by atoms with Gasteiger partial charge in [0.25, 0.3) is 0 Å². The van der Waals surface area contributed by atoms with Gasteiger partial charge in [-0.2, -0.15) is 0 Å². The molecule has 162 valence electrons. The summed E-state index contributed by atoms with van der Waals surface area (Å²) in [5.74, 6) is 0.972. The molecule has 2 atom stereocenters. The smallest absolute Gasteiger partial charge is 0.227 e. The molecule has 4 aromatic rings. The van der Waals surface area contributed by atoms with Crippen molar-refractivity contribution in [3.05, 3.63) is 77.2 Å². The quantitative estimate of drug-likeness (QED) is 0.337. The number of benzene rings is 2. The highest BCUT2D eigenvalue weighted by atomic mass is 16.3. The van der Waals surface area contributed by atoms with Gasteiger partial charge in [0, 0.05) is 34.6 Å². The predicted molar refractivity (Wildman–Crippen MR) is 132 cm³/mol. The van der Waals surface area contributed by atoms with E-state index in [-0.39, 0.29) is 6.17 Å². The van der Waals surface area contributed by atoms with Crippen LogP contribution in [0.1, 0.15) is 61.4 Å². The Hall–Kier alpha value is -3.27. The normalized spacial score (nSPS) is 19.9.